The molecule has 0 bridgehead atoms. The first-order valence-corrected chi connectivity index (χ1v) is 10.5. The third-order valence-electron chi connectivity index (χ3n) is 5.69. The van der Waals surface area contributed by atoms with Crippen molar-refractivity contribution in [1.82, 2.24) is 19.7 Å². The van der Waals surface area contributed by atoms with Crippen molar-refractivity contribution >= 4 is 29.3 Å². The second-order valence-electron chi connectivity index (χ2n) is 7.93. The minimum atomic E-state index is -0.0961. The molecule has 8 nitrogen and oxygen atoms in total. The quantitative estimate of drug-likeness (QED) is 0.513. The van der Waals surface area contributed by atoms with Gasteiger partial charge < -0.3 is 19.8 Å². The molecular formula is C24H20N6O2. The zero-order valence-electron chi connectivity index (χ0n) is 17.2. The van der Waals surface area contributed by atoms with Gasteiger partial charge in [-0.15, -0.1) is 0 Å². The van der Waals surface area contributed by atoms with Crippen LogP contribution < -0.4 is 10.6 Å². The fraction of sp³-hybridized carbons (Fsp3) is 0.167. The Morgan fingerprint density at radius 2 is 2.00 bits per heavy atom. The summed E-state index contributed by atoms with van der Waals surface area (Å²) in [6.07, 6.45) is 7.53. The molecule has 2 aromatic heterocycles. The van der Waals surface area contributed by atoms with Gasteiger partial charge in [0.2, 0.25) is 0 Å². The Morgan fingerprint density at radius 3 is 2.81 bits per heavy atom. The van der Waals surface area contributed by atoms with Crippen molar-refractivity contribution in [3.8, 4) is 11.3 Å². The Bertz CT molecular complexity index is 1350. The number of aromatic nitrogens is 3. The maximum Gasteiger partial charge on any atom is 0.251 e. The highest BCUT2D eigenvalue weighted by Crippen LogP contribution is 2.27. The number of hydrogen-bond donors (Lipinski definition) is 2. The number of ether oxygens (including phenoxy) is 1. The molecule has 2 aliphatic rings. The number of amides is 1. The molecule has 4 aromatic rings. The van der Waals surface area contributed by atoms with E-state index in [4.69, 9.17) is 9.72 Å². The Morgan fingerprint density at radius 1 is 1.12 bits per heavy atom. The van der Waals surface area contributed by atoms with Crippen LogP contribution >= 0.6 is 0 Å². The van der Waals surface area contributed by atoms with Gasteiger partial charge in [-0.25, -0.2) is 9.97 Å². The van der Waals surface area contributed by atoms with E-state index in [0.717, 1.165) is 28.2 Å². The van der Waals surface area contributed by atoms with E-state index in [1.807, 2.05) is 35.1 Å². The minimum absolute atomic E-state index is 0.0961. The van der Waals surface area contributed by atoms with Gasteiger partial charge in [0, 0.05) is 41.6 Å². The lowest BCUT2D eigenvalue weighted by atomic mass is 10.0. The molecular weight excluding hydrogens is 404 g/mol. The third kappa shape index (κ3) is 3.40. The van der Waals surface area contributed by atoms with Gasteiger partial charge in [0.05, 0.1) is 31.5 Å². The second-order valence-corrected chi connectivity index (χ2v) is 7.93. The van der Waals surface area contributed by atoms with Crippen LogP contribution in [-0.4, -0.2) is 45.7 Å². The minimum Gasteiger partial charge on any atom is -0.377 e. The van der Waals surface area contributed by atoms with Gasteiger partial charge in [0.15, 0.2) is 11.5 Å². The standard InChI is InChI=1S/C24H20N6O2/c31-24(28-20-13-32-14-20)15-3-5-19(6-4-15)27-22-23-26-7-8-30(23)12-21(29-22)16-1-2-17-10-25-11-18(17)9-16/h1-10,12,20H,11,13-14H2,(H,27,29)(H,28,31). The van der Waals surface area contributed by atoms with Crippen molar-refractivity contribution in [2.45, 2.75) is 12.6 Å². The Labute approximate surface area is 184 Å². The van der Waals surface area contributed by atoms with Crippen molar-refractivity contribution in [1.29, 1.82) is 0 Å². The summed E-state index contributed by atoms with van der Waals surface area (Å²) < 4.78 is 7.06. The van der Waals surface area contributed by atoms with Crippen LogP contribution in [0, 0.1) is 0 Å². The summed E-state index contributed by atoms with van der Waals surface area (Å²) in [6.45, 7) is 1.85. The smallest absolute Gasteiger partial charge is 0.251 e. The van der Waals surface area contributed by atoms with E-state index in [-0.39, 0.29) is 11.9 Å². The number of benzene rings is 2. The molecule has 2 N–H and O–H groups in total. The molecule has 0 spiro atoms. The zero-order chi connectivity index (χ0) is 21.5. The normalized spacial score (nSPS) is 14.9. The fourth-order valence-corrected chi connectivity index (χ4v) is 3.85. The number of carbonyl (C=O) groups excluding carboxylic acids is 1. The lowest BCUT2D eigenvalue weighted by Crippen LogP contribution is -2.48. The topological polar surface area (TPSA) is 92.9 Å². The number of anilines is 2. The SMILES string of the molecule is O=C(NC1COC1)c1ccc(Nc2nc(-c3ccc4c(c3)CN=C4)cn3ccnc23)cc1. The molecule has 2 aliphatic heterocycles. The summed E-state index contributed by atoms with van der Waals surface area (Å²) in [5.41, 5.74) is 6.38. The molecule has 0 aliphatic carbocycles. The number of nitrogens with zero attached hydrogens (tertiary/aromatic N) is 4. The molecule has 0 radical (unpaired) electrons. The number of aliphatic imine (C=N–C) groups is 1. The van der Waals surface area contributed by atoms with Crippen molar-refractivity contribution in [2.75, 3.05) is 18.5 Å². The van der Waals surface area contributed by atoms with Gasteiger partial charge in [0.25, 0.3) is 5.91 Å². The molecule has 0 unspecified atom stereocenters. The van der Waals surface area contributed by atoms with E-state index >= 15 is 0 Å². The average molecular weight is 424 g/mol. The summed E-state index contributed by atoms with van der Waals surface area (Å²) >= 11 is 0. The number of fused-ring (bicyclic) bond motifs is 2. The predicted octanol–water partition coefficient (Wildman–Crippen LogP) is 3.20. The average Bonchev–Trinajstić information content (AvgIpc) is 3.45. The second kappa shape index (κ2) is 7.58. The van der Waals surface area contributed by atoms with E-state index in [2.05, 4.69) is 38.8 Å². The third-order valence-corrected chi connectivity index (χ3v) is 5.69. The van der Waals surface area contributed by atoms with Crippen LogP contribution in [0.5, 0.6) is 0 Å². The van der Waals surface area contributed by atoms with Gasteiger partial charge in [-0.2, -0.15) is 0 Å². The molecule has 32 heavy (non-hydrogen) atoms. The molecule has 158 valence electrons. The highest BCUT2D eigenvalue weighted by molar-refractivity contribution is 5.95. The molecule has 6 rings (SSSR count). The van der Waals surface area contributed by atoms with E-state index in [0.29, 0.717) is 31.1 Å². The number of hydrogen-bond acceptors (Lipinski definition) is 6. The van der Waals surface area contributed by atoms with Crippen molar-refractivity contribution in [3.63, 3.8) is 0 Å². The van der Waals surface area contributed by atoms with Crippen LogP contribution in [0.2, 0.25) is 0 Å². The summed E-state index contributed by atoms with van der Waals surface area (Å²) in [7, 11) is 0. The van der Waals surface area contributed by atoms with Crippen LogP contribution in [0.3, 0.4) is 0 Å². The predicted molar refractivity (Wildman–Crippen MR) is 122 cm³/mol. The first-order valence-electron chi connectivity index (χ1n) is 10.5. The molecule has 0 saturated carbocycles. The van der Waals surface area contributed by atoms with Crippen LogP contribution in [-0.2, 0) is 11.3 Å². The maximum atomic E-state index is 12.3. The van der Waals surface area contributed by atoms with E-state index < -0.39 is 0 Å². The lowest BCUT2D eigenvalue weighted by Gasteiger charge is -2.26. The first-order chi connectivity index (χ1) is 15.7. The largest absolute Gasteiger partial charge is 0.377 e. The van der Waals surface area contributed by atoms with Crippen LogP contribution in [0.4, 0.5) is 11.5 Å². The molecule has 1 saturated heterocycles. The number of rotatable bonds is 5. The molecule has 2 aromatic carbocycles. The Kier molecular flexibility index (Phi) is 4.43. The number of nitrogens with one attached hydrogen (secondary N) is 2. The maximum absolute atomic E-state index is 12.3. The molecule has 0 atom stereocenters. The Hall–Kier alpha value is -4.04. The summed E-state index contributed by atoms with van der Waals surface area (Å²) in [5.74, 6) is 0.550. The van der Waals surface area contributed by atoms with Gasteiger partial charge in [-0.3, -0.25) is 9.79 Å². The van der Waals surface area contributed by atoms with E-state index in [1.54, 1.807) is 18.3 Å². The van der Waals surface area contributed by atoms with E-state index in [9.17, 15) is 4.79 Å². The van der Waals surface area contributed by atoms with Crippen LogP contribution in [0.1, 0.15) is 21.5 Å². The zero-order valence-corrected chi connectivity index (χ0v) is 17.2. The monoisotopic (exact) mass is 424 g/mol. The van der Waals surface area contributed by atoms with E-state index in [1.165, 1.54) is 5.56 Å². The van der Waals surface area contributed by atoms with Crippen LogP contribution in [0.25, 0.3) is 16.9 Å². The molecule has 1 fully saturated rings. The highest BCUT2D eigenvalue weighted by Gasteiger charge is 2.21. The molecule has 1 amide bonds. The van der Waals surface area contributed by atoms with Crippen molar-refractivity contribution < 1.29 is 9.53 Å². The summed E-state index contributed by atoms with van der Waals surface area (Å²) in [5, 5.41) is 6.30. The first kappa shape index (κ1) is 18.7. The lowest BCUT2D eigenvalue weighted by molar-refractivity contribution is -0.00346. The number of imidazole rings is 1. The van der Waals surface area contributed by atoms with Crippen molar-refractivity contribution in [3.05, 3.63) is 77.7 Å². The highest BCUT2D eigenvalue weighted by atomic mass is 16.5. The van der Waals surface area contributed by atoms with Crippen LogP contribution in [0.15, 0.2) is 66.0 Å². The Balaban J connectivity index is 1.28. The molecule has 8 heteroatoms. The molecule has 4 heterocycles. The van der Waals surface area contributed by atoms with Gasteiger partial charge in [-0.1, -0.05) is 12.1 Å². The summed E-state index contributed by atoms with van der Waals surface area (Å²) in [6, 6.07) is 13.7. The fourth-order valence-electron chi connectivity index (χ4n) is 3.85. The van der Waals surface area contributed by atoms with Gasteiger partial charge in [0.1, 0.15) is 0 Å². The van der Waals surface area contributed by atoms with Gasteiger partial charge >= 0.3 is 0 Å². The number of carbonyl (C=O) groups is 1. The summed E-state index contributed by atoms with van der Waals surface area (Å²) in [4.78, 5) is 25.9. The van der Waals surface area contributed by atoms with Gasteiger partial charge in [-0.05, 0) is 41.5 Å². The van der Waals surface area contributed by atoms with Crippen molar-refractivity contribution in [2.24, 2.45) is 4.99 Å².